The van der Waals surface area contributed by atoms with Crippen LogP contribution in [0, 0.1) is 0 Å². The maximum absolute atomic E-state index is 12.3. The molecule has 21 heavy (non-hydrogen) atoms. The van der Waals surface area contributed by atoms with Crippen LogP contribution in [0.15, 0.2) is 24.4 Å². The molecule has 116 valence electrons. The second kappa shape index (κ2) is 6.71. The van der Waals surface area contributed by atoms with E-state index in [2.05, 4.69) is 5.32 Å². The predicted octanol–water partition coefficient (Wildman–Crippen LogP) is 4.75. The number of aryl methyl sites for hydroxylation is 1. The largest absolute Gasteiger partial charge is 0.389 e. The van der Waals surface area contributed by atoms with Crippen molar-refractivity contribution < 1.29 is 13.2 Å². The highest BCUT2D eigenvalue weighted by atomic mass is 35.5. The first-order chi connectivity index (χ1) is 9.90. The van der Waals surface area contributed by atoms with Crippen molar-refractivity contribution in [3.05, 3.63) is 35.0 Å². The van der Waals surface area contributed by atoms with Gasteiger partial charge in [0.25, 0.3) is 0 Å². The minimum absolute atomic E-state index is 0.0699. The minimum Gasteiger partial charge on any atom is -0.347 e. The fraction of sp³-hybridized carbons (Fsp3) is 0.467. The third-order valence-corrected chi connectivity index (χ3v) is 3.59. The van der Waals surface area contributed by atoms with Crippen LogP contribution in [0.2, 0.25) is 5.02 Å². The average molecular weight is 319 g/mol. The molecule has 0 atom stereocenters. The highest BCUT2D eigenvalue weighted by Gasteiger charge is 2.26. The maximum atomic E-state index is 12.3. The smallest absolute Gasteiger partial charge is 0.347 e. The van der Waals surface area contributed by atoms with Gasteiger partial charge in [0.05, 0.1) is 0 Å². The molecule has 1 aromatic carbocycles. The first kappa shape index (κ1) is 16.2. The molecule has 0 radical (unpaired) electrons. The number of aromatic nitrogens is 1. The number of rotatable bonds is 6. The van der Waals surface area contributed by atoms with Crippen molar-refractivity contribution in [1.82, 2.24) is 9.88 Å². The molecule has 0 aliphatic carbocycles. The summed E-state index contributed by atoms with van der Waals surface area (Å²) in [6, 6.07) is 5.53. The molecule has 2 rings (SSSR count). The topological polar surface area (TPSA) is 17.0 Å². The molecule has 0 saturated carbocycles. The van der Waals surface area contributed by atoms with E-state index < -0.39 is 12.6 Å². The van der Waals surface area contributed by atoms with Crippen LogP contribution < -0.4 is 5.32 Å². The van der Waals surface area contributed by atoms with Gasteiger partial charge in [0.1, 0.15) is 0 Å². The molecule has 0 aliphatic heterocycles. The zero-order valence-electron chi connectivity index (χ0n) is 11.8. The molecule has 0 amide bonds. The van der Waals surface area contributed by atoms with E-state index in [9.17, 15) is 13.2 Å². The number of hydrogen-bond acceptors (Lipinski definition) is 1. The van der Waals surface area contributed by atoms with E-state index in [0.29, 0.717) is 18.1 Å². The van der Waals surface area contributed by atoms with Crippen molar-refractivity contribution >= 4 is 22.5 Å². The monoisotopic (exact) mass is 318 g/mol. The summed E-state index contributed by atoms with van der Waals surface area (Å²) in [5.41, 5.74) is 1.97. The second-order valence-electron chi connectivity index (χ2n) is 5.01. The summed E-state index contributed by atoms with van der Waals surface area (Å²) in [4.78, 5) is 0. The number of fused-ring (bicyclic) bond motifs is 1. The molecule has 0 aliphatic rings. The molecular weight excluding hydrogens is 301 g/mol. The van der Waals surface area contributed by atoms with E-state index in [-0.39, 0.29) is 6.42 Å². The molecule has 0 fully saturated rings. The molecule has 1 aromatic heterocycles. The second-order valence-corrected chi connectivity index (χ2v) is 5.44. The number of halogens is 4. The van der Waals surface area contributed by atoms with Crippen LogP contribution in [-0.4, -0.2) is 17.3 Å². The lowest BCUT2D eigenvalue weighted by molar-refractivity contribution is -0.135. The van der Waals surface area contributed by atoms with Crippen LogP contribution in [-0.2, 0) is 13.1 Å². The molecule has 0 unspecified atom stereocenters. The number of hydrogen-bond donors (Lipinski definition) is 1. The summed E-state index contributed by atoms with van der Waals surface area (Å²) in [6.07, 6.45) is -2.89. The highest BCUT2D eigenvalue weighted by molar-refractivity contribution is 6.31. The Morgan fingerprint density at radius 2 is 2.05 bits per heavy atom. The van der Waals surface area contributed by atoms with E-state index in [1.807, 2.05) is 23.8 Å². The molecule has 1 heterocycles. The quantitative estimate of drug-likeness (QED) is 0.813. The summed E-state index contributed by atoms with van der Waals surface area (Å²) in [5.74, 6) is 0. The molecule has 6 heteroatoms. The predicted molar refractivity (Wildman–Crippen MR) is 79.6 cm³/mol. The van der Waals surface area contributed by atoms with Crippen LogP contribution >= 0.6 is 11.6 Å². The molecule has 0 saturated heterocycles. The van der Waals surface area contributed by atoms with Crippen molar-refractivity contribution in [3.8, 4) is 0 Å². The Morgan fingerprint density at radius 1 is 1.29 bits per heavy atom. The Balaban J connectivity index is 2.23. The fourth-order valence-corrected chi connectivity index (χ4v) is 2.54. The zero-order valence-corrected chi connectivity index (χ0v) is 12.6. The van der Waals surface area contributed by atoms with Gasteiger partial charge in [-0.2, -0.15) is 13.2 Å². The molecule has 2 aromatic rings. The van der Waals surface area contributed by atoms with Gasteiger partial charge >= 0.3 is 6.18 Å². The van der Waals surface area contributed by atoms with Gasteiger partial charge in [-0.05, 0) is 30.7 Å². The summed E-state index contributed by atoms with van der Waals surface area (Å²) in [7, 11) is 0. The van der Waals surface area contributed by atoms with Crippen molar-refractivity contribution in [2.24, 2.45) is 0 Å². The normalized spacial score (nSPS) is 12.2. The van der Waals surface area contributed by atoms with Crippen LogP contribution in [0.5, 0.6) is 0 Å². The lowest BCUT2D eigenvalue weighted by atomic mass is 10.2. The van der Waals surface area contributed by atoms with E-state index in [4.69, 9.17) is 11.6 Å². The van der Waals surface area contributed by atoms with E-state index in [0.717, 1.165) is 23.0 Å². The zero-order chi connectivity index (χ0) is 15.5. The van der Waals surface area contributed by atoms with Gasteiger partial charge in [-0.15, -0.1) is 0 Å². The van der Waals surface area contributed by atoms with Gasteiger partial charge in [-0.25, -0.2) is 0 Å². The standard InChI is InChI=1S/C15H18ClF3N2/c1-2-20-9-11-10-21(7-3-6-15(17,18)19)14-8-12(16)4-5-13(11)14/h4-5,8,10,20H,2-3,6-7,9H2,1H3. The van der Waals surface area contributed by atoms with Crippen LogP contribution in [0.25, 0.3) is 10.9 Å². The molecule has 2 nitrogen and oxygen atoms in total. The van der Waals surface area contributed by atoms with Crippen molar-refractivity contribution in [3.63, 3.8) is 0 Å². The SMILES string of the molecule is CCNCc1cn(CCCC(F)(F)F)c2cc(Cl)ccc12. The van der Waals surface area contributed by atoms with Crippen molar-refractivity contribution in [2.75, 3.05) is 6.54 Å². The van der Waals surface area contributed by atoms with Crippen LogP contribution in [0.4, 0.5) is 13.2 Å². The highest BCUT2D eigenvalue weighted by Crippen LogP contribution is 2.27. The summed E-state index contributed by atoms with van der Waals surface area (Å²) in [6.45, 7) is 3.89. The van der Waals surface area contributed by atoms with Gasteiger partial charge < -0.3 is 9.88 Å². The Labute approximate surface area is 126 Å². The lowest BCUT2D eigenvalue weighted by Crippen LogP contribution is -2.11. The Hall–Kier alpha value is -1.20. The summed E-state index contributed by atoms with van der Waals surface area (Å²) >= 11 is 6.00. The van der Waals surface area contributed by atoms with E-state index >= 15 is 0 Å². The number of benzene rings is 1. The molecule has 1 N–H and O–H groups in total. The minimum atomic E-state index is -4.10. The molecular formula is C15H18ClF3N2. The maximum Gasteiger partial charge on any atom is 0.389 e. The Morgan fingerprint density at radius 3 is 2.71 bits per heavy atom. The summed E-state index contributed by atoms with van der Waals surface area (Å²) in [5, 5.41) is 4.86. The lowest BCUT2D eigenvalue weighted by Gasteiger charge is -2.08. The Kier molecular flexibility index (Phi) is 5.17. The van der Waals surface area contributed by atoms with Crippen molar-refractivity contribution in [2.45, 2.75) is 39.0 Å². The van der Waals surface area contributed by atoms with Crippen LogP contribution in [0.3, 0.4) is 0 Å². The first-order valence-corrected chi connectivity index (χ1v) is 7.33. The molecule has 0 bridgehead atoms. The van der Waals surface area contributed by atoms with Gasteiger partial charge in [-0.3, -0.25) is 0 Å². The number of alkyl halides is 3. The Bertz CT molecular complexity index is 605. The first-order valence-electron chi connectivity index (χ1n) is 6.95. The third-order valence-electron chi connectivity index (χ3n) is 3.35. The van der Waals surface area contributed by atoms with Crippen LogP contribution in [0.1, 0.15) is 25.3 Å². The molecule has 0 spiro atoms. The fourth-order valence-electron chi connectivity index (χ4n) is 2.38. The van der Waals surface area contributed by atoms with E-state index in [1.54, 1.807) is 12.1 Å². The van der Waals surface area contributed by atoms with E-state index in [1.165, 1.54) is 0 Å². The van der Waals surface area contributed by atoms with Gasteiger partial charge in [0, 0.05) is 41.6 Å². The van der Waals surface area contributed by atoms with Crippen molar-refractivity contribution in [1.29, 1.82) is 0 Å². The van der Waals surface area contributed by atoms with Gasteiger partial charge in [0.15, 0.2) is 0 Å². The average Bonchev–Trinajstić information content (AvgIpc) is 2.72. The third kappa shape index (κ3) is 4.38. The van der Waals surface area contributed by atoms with Gasteiger partial charge in [0.2, 0.25) is 0 Å². The summed E-state index contributed by atoms with van der Waals surface area (Å²) < 4.78 is 38.7. The number of nitrogens with one attached hydrogen (secondary N) is 1. The number of nitrogens with zero attached hydrogens (tertiary/aromatic N) is 1. The van der Waals surface area contributed by atoms with Gasteiger partial charge in [-0.1, -0.05) is 24.6 Å².